The van der Waals surface area contributed by atoms with E-state index in [1.807, 2.05) is 36.4 Å². The second kappa shape index (κ2) is 7.61. The van der Waals surface area contributed by atoms with Crippen LogP contribution in [0.25, 0.3) is 22.2 Å². The van der Waals surface area contributed by atoms with Crippen LogP contribution in [-0.4, -0.2) is 10.9 Å². The minimum absolute atomic E-state index is 0.296. The maximum absolute atomic E-state index is 13.5. The maximum atomic E-state index is 13.5. The Hall–Kier alpha value is -3.53. The van der Waals surface area contributed by atoms with Crippen LogP contribution in [0.1, 0.15) is 22.8 Å². The lowest BCUT2D eigenvalue weighted by Gasteiger charge is -2.11. The number of halogens is 1. The van der Waals surface area contributed by atoms with Crippen LogP contribution in [0.2, 0.25) is 0 Å². The maximum Gasteiger partial charge on any atom is 0.256 e. The standard InChI is InChI=1S/C24H19FN2O/c1-2-16-10-12-17(13-11-16)23-15-21(20-8-3-4-9-22(20)27-23)24(28)26-19-7-5-6-18(25)14-19/h3-15H,2H2,1H3,(H,26,28). The minimum atomic E-state index is -0.394. The monoisotopic (exact) mass is 370 g/mol. The summed E-state index contributed by atoms with van der Waals surface area (Å²) >= 11 is 0. The highest BCUT2D eigenvalue weighted by molar-refractivity contribution is 6.13. The van der Waals surface area contributed by atoms with Gasteiger partial charge in [-0.25, -0.2) is 9.37 Å². The zero-order chi connectivity index (χ0) is 19.5. The molecule has 0 atom stereocenters. The van der Waals surface area contributed by atoms with Gasteiger partial charge in [-0.2, -0.15) is 0 Å². The molecule has 0 fully saturated rings. The third-order valence-corrected chi connectivity index (χ3v) is 4.70. The average molecular weight is 370 g/mol. The van der Waals surface area contributed by atoms with Crippen molar-refractivity contribution in [3.63, 3.8) is 0 Å². The molecule has 0 aliphatic heterocycles. The summed E-state index contributed by atoms with van der Waals surface area (Å²) in [6.07, 6.45) is 0.965. The molecule has 3 aromatic carbocycles. The molecule has 0 radical (unpaired) electrons. The molecular formula is C24H19FN2O. The second-order valence-electron chi connectivity index (χ2n) is 6.59. The number of fused-ring (bicyclic) bond motifs is 1. The van der Waals surface area contributed by atoms with Gasteiger partial charge in [-0.1, -0.05) is 55.5 Å². The number of aromatic nitrogens is 1. The molecular weight excluding hydrogens is 351 g/mol. The molecule has 1 N–H and O–H groups in total. The minimum Gasteiger partial charge on any atom is -0.322 e. The number of hydrogen-bond donors (Lipinski definition) is 1. The summed E-state index contributed by atoms with van der Waals surface area (Å²) in [6, 6.07) is 23.4. The average Bonchev–Trinajstić information content (AvgIpc) is 2.73. The van der Waals surface area contributed by atoms with Gasteiger partial charge < -0.3 is 5.32 Å². The molecule has 4 rings (SSSR count). The molecule has 1 aromatic heterocycles. The fraction of sp³-hybridized carbons (Fsp3) is 0.0833. The van der Waals surface area contributed by atoms with E-state index in [0.29, 0.717) is 11.3 Å². The molecule has 0 aliphatic carbocycles. The summed E-state index contributed by atoms with van der Waals surface area (Å²) in [6.45, 7) is 2.11. The lowest BCUT2D eigenvalue weighted by atomic mass is 10.0. The number of hydrogen-bond acceptors (Lipinski definition) is 2. The molecule has 0 unspecified atom stereocenters. The summed E-state index contributed by atoms with van der Waals surface area (Å²) in [4.78, 5) is 17.7. The second-order valence-corrected chi connectivity index (χ2v) is 6.59. The quantitative estimate of drug-likeness (QED) is 0.489. The van der Waals surface area contributed by atoms with Gasteiger partial charge in [0.05, 0.1) is 16.8 Å². The van der Waals surface area contributed by atoms with Crippen LogP contribution in [-0.2, 0) is 6.42 Å². The zero-order valence-electron chi connectivity index (χ0n) is 15.4. The number of para-hydroxylation sites is 1. The Morgan fingerprint density at radius 3 is 2.50 bits per heavy atom. The molecule has 3 nitrogen and oxygen atoms in total. The molecule has 0 aliphatic rings. The van der Waals surface area contributed by atoms with Crippen molar-refractivity contribution >= 4 is 22.5 Å². The summed E-state index contributed by atoms with van der Waals surface area (Å²) in [5.41, 5.74) is 4.58. The van der Waals surface area contributed by atoms with Crippen molar-refractivity contribution < 1.29 is 9.18 Å². The molecule has 28 heavy (non-hydrogen) atoms. The number of aryl methyl sites for hydroxylation is 1. The molecule has 138 valence electrons. The molecule has 4 heteroatoms. The Morgan fingerprint density at radius 1 is 0.964 bits per heavy atom. The largest absolute Gasteiger partial charge is 0.322 e. The number of amides is 1. The Kier molecular flexibility index (Phi) is 4.85. The Labute approximate surface area is 162 Å². The first-order valence-electron chi connectivity index (χ1n) is 9.20. The number of benzene rings is 3. The molecule has 4 aromatic rings. The van der Waals surface area contributed by atoms with Crippen molar-refractivity contribution in [3.8, 4) is 11.3 Å². The third kappa shape index (κ3) is 3.62. The Bertz CT molecular complexity index is 1150. The highest BCUT2D eigenvalue weighted by Crippen LogP contribution is 2.26. The van der Waals surface area contributed by atoms with Gasteiger partial charge in [0.2, 0.25) is 0 Å². The molecule has 0 saturated carbocycles. The van der Waals surface area contributed by atoms with Crippen molar-refractivity contribution in [3.05, 3.63) is 95.8 Å². The summed E-state index contributed by atoms with van der Waals surface area (Å²) in [5, 5.41) is 3.54. The Morgan fingerprint density at radius 2 is 1.75 bits per heavy atom. The van der Waals surface area contributed by atoms with Crippen LogP contribution in [0, 0.1) is 5.82 Å². The van der Waals surface area contributed by atoms with Crippen LogP contribution in [0.5, 0.6) is 0 Å². The Balaban J connectivity index is 1.78. The van der Waals surface area contributed by atoms with Crippen molar-refractivity contribution in [1.82, 2.24) is 4.98 Å². The van der Waals surface area contributed by atoms with Crippen molar-refractivity contribution in [2.45, 2.75) is 13.3 Å². The molecule has 0 bridgehead atoms. The van der Waals surface area contributed by atoms with Gasteiger partial charge in [-0.05, 0) is 42.3 Å². The number of rotatable bonds is 4. The van der Waals surface area contributed by atoms with Gasteiger partial charge in [0, 0.05) is 16.6 Å². The van der Waals surface area contributed by atoms with E-state index in [2.05, 4.69) is 24.4 Å². The van der Waals surface area contributed by atoms with Crippen LogP contribution in [0.3, 0.4) is 0 Å². The van der Waals surface area contributed by atoms with Crippen LogP contribution >= 0.6 is 0 Å². The summed E-state index contributed by atoms with van der Waals surface area (Å²) in [7, 11) is 0. The number of anilines is 1. The first-order chi connectivity index (χ1) is 13.6. The van der Waals surface area contributed by atoms with E-state index in [-0.39, 0.29) is 5.91 Å². The van der Waals surface area contributed by atoms with Gasteiger partial charge in [0.1, 0.15) is 5.82 Å². The molecule has 1 heterocycles. The molecule has 0 spiro atoms. The van der Waals surface area contributed by atoms with Gasteiger partial charge in [0.15, 0.2) is 0 Å². The van der Waals surface area contributed by atoms with Gasteiger partial charge in [0.25, 0.3) is 5.91 Å². The zero-order valence-corrected chi connectivity index (χ0v) is 15.4. The van der Waals surface area contributed by atoms with Gasteiger partial charge in [-0.3, -0.25) is 4.79 Å². The lowest BCUT2D eigenvalue weighted by molar-refractivity contribution is 0.102. The smallest absolute Gasteiger partial charge is 0.256 e. The van der Waals surface area contributed by atoms with Crippen molar-refractivity contribution in [2.24, 2.45) is 0 Å². The fourth-order valence-corrected chi connectivity index (χ4v) is 3.19. The van der Waals surface area contributed by atoms with Crippen LogP contribution in [0.4, 0.5) is 10.1 Å². The number of carbonyl (C=O) groups excluding carboxylic acids is 1. The molecule has 0 saturated heterocycles. The van der Waals surface area contributed by atoms with E-state index in [4.69, 9.17) is 4.98 Å². The van der Waals surface area contributed by atoms with E-state index in [1.165, 1.54) is 17.7 Å². The summed E-state index contributed by atoms with van der Waals surface area (Å²) < 4.78 is 13.5. The molecule has 1 amide bonds. The van der Waals surface area contributed by atoms with E-state index in [1.54, 1.807) is 18.2 Å². The first-order valence-corrected chi connectivity index (χ1v) is 9.20. The number of carbonyl (C=O) groups is 1. The normalized spacial score (nSPS) is 10.8. The highest BCUT2D eigenvalue weighted by Gasteiger charge is 2.14. The SMILES string of the molecule is CCc1ccc(-c2cc(C(=O)Nc3cccc(F)c3)c3ccccc3n2)cc1. The van der Waals surface area contributed by atoms with Crippen molar-refractivity contribution in [2.75, 3.05) is 5.32 Å². The van der Waals surface area contributed by atoms with Crippen molar-refractivity contribution in [1.29, 1.82) is 0 Å². The first kappa shape index (κ1) is 17.9. The number of pyridine rings is 1. The van der Waals surface area contributed by atoms with Gasteiger partial charge >= 0.3 is 0 Å². The summed E-state index contributed by atoms with van der Waals surface area (Å²) in [5.74, 6) is -0.690. The van der Waals surface area contributed by atoms with E-state index >= 15 is 0 Å². The van der Waals surface area contributed by atoms with E-state index < -0.39 is 5.82 Å². The number of nitrogens with zero attached hydrogens (tertiary/aromatic N) is 1. The topological polar surface area (TPSA) is 42.0 Å². The van der Waals surface area contributed by atoms with E-state index in [9.17, 15) is 9.18 Å². The predicted molar refractivity (Wildman–Crippen MR) is 111 cm³/mol. The van der Waals surface area contributed by atoms with E-state index in [0.717, 1.165) is 28.6 Å². The highest BCUT2D eigenvalue weighted by atomic mass is 19.1. The lowest BCUT2D eigenvalue weighted by Crippen LogP contribution is -2.13. The van der Waals surface area contributed by atoms with Crippen LogP contribution in [0.15, 0.2) is 78.9 Å². The predicted octanol–water partition coefficient (Wildman–Crippen LogP) is 5.86. The number of nitrogens with one attached hydrogen (secondary N) is 1. The fourth-order valence-electron chi connectivity index (χ4n) is 3.19. The third-order valence-electron chi connectivity index (χ3n) is 4.70. The van der Waals surface area contributed by atoms with Gasteiger partial charge in [-0.15, -0.1) is 0 Å². The van der Waals surface area contributed by atoms with Crippen LogP contribution < -0.4 is 5.32 Å².